The Hall–Kier alpha value is -2.66. The van der Waals surface area contributed by atoms with Gasteiger partial charge >= 0.3 is 0 Å². The maximum absolute atomic E-state index is 12.3. The molecule has 2 aliphatic rings. The molecule has 7 nitrogen and oxygen atoms in total. The quantitative estimate of drug-likeness (QED) is 0.337. The fourth-order valence-corrected chi connectivity index (χ4v) is 1.93. The molecule has 0 radical (unpaired) electrons. The highest BCUT2D eigenvalue weighted by Crippen LogP contribution is 2.30. The molecular weight excluding hydrogens is 234 g/mol. The molecule has 0 spiro atoms. The van der Waals surface area contributed by atoms with E-state index >= 15 is 0 Å². The average Bonchev–Trinajstić information content (AvgIpc) is 3.20. The lowest BCUT2D eigenvalue weighted by Crippen LogP contribution is -2.26. The first-order chi connectivity index (χ1) is 8.74. The molecule has 88 valence electrons. The van der Waals surface area contributed by atoms with Crippen LogP contribution in [0.5, 0.6) is 0 Å². The summed E-state index contributed by atoms with van der Waals surface area (Å²) in [4.78, 5) is 32.6. The van der Waals surface area contributed by atoms with Crippen molar-refractivity contribution < 1.29 is 9.59 Å². The van der Waals surface area contributed by atoms with Crippen molar-refractivity contribution in [1.29, 1.82) is 0 Å². The molecule has 1 aromatic heterocycles. The van der Waals surface area contributed by atoms with E-state index in [4.69, 9.17) is 5.53 Å². The van der Waals surface area contributed by atoms with Crippen LogP contribution in [0.4, 0.5) is 0 Å². The Morgan fingerprint density at radius 2 is 2.11 bits per heavy atom. The first-order valence-electron chi connectivity index (χ1n) is 5.33. The smallest absolute Gasteiger partial charge is 0.216 e. The van der Waals surface area contributed by atoms with Crippen LogP contribution in [0.15, 0.2) is 34.8 Å². The van der Waals surface area contributed by atoms with Gasteiger partial charge in [0.15, 0.2) is 0 Å². The zero-order chi connectivity index (χ0) is 12.7. The summed E-state index contributed by atoms with van der Waals surface area (Å²) in [6.45, 7) is 1.38. The van der Waals surface area contributed by atoms with Crippen molar-refractivity contribution in [3.8, 4) is 0 Å². The minimum absolute atomic E-state index is 0.0514. The van der Waals surface area contributed by atoms with Gasteiger partial charge in [-0.15, -0.1) is 0 Å². The standard InChI is InChI=1S/C11H7N5O2/c12-15-14-8-9(16-4-5-16)10(17)6-2-1-3-13-7(6)11(8)18/h1-3H,4-5H2. The molecule has 1 saturated heterocycles. The van der Waals surface area contributed by atoms with E-state index in [-0.39, 0.29) is 28.4 Å². The van der Waals surface area contributed by atoms with E-state index in [1.807, 2.05) is 0 Å². The molecule has 1 aliphatic carbocycles. The number of aromatic nitrogens is 1. The molecule has 0 bridgehead atoms. The minimum atomic E-state index is -0.495. The summed E-state index contributed by atoms with van der Waals surface area (Å²) in [7, 11) is 0. The number of carbonyl (C=O) groups is 2. The maximum atomic E-state index is 12.3. The van der Waals surface area contributed by atoms with Crippen molar-refractivity contribution in [3.63, 3.8) is 0 Å². The number of Topliss-reactive ketones (excluding diaryl/α,β-unsaturated/α-hetero) is 2. The summed E-state index contributed by atoms with van der Waals surface area (Å²) >= 11 is 0. The molecule has 1 fully saturated rings. The fraction of sp³-hybridized carbons (Fsp3) is 0.182. The molecule has 7 heteroatoms. The molecule has 18 heavy (non-hydrogen) atoms. The van der Waals surface area contributed by atoms with Gasteiger partial charge in [0.2, 0.25) is 11.6 Å². The molecule has 0 N–H and O–H groups in total. The van der Waals surface area contributed by atoms with Crippen LogP contribution in [0, 0.1) is 0 Å². The van der Waals surface area contributed by atoms with Crippen molar-refractivity contribution in [1.82, 2.24) is 9.88 Å². The highest BCUT2D eigenvalue weighted by molar-refractivity contribution is 6.25. The lowest BCUT2D eigenvalue weighted by atomic mass is 9.94. The van der Waals surface area contributed by atoms with Gasteiger partial charge in [-0.05, 0) is 17.7 Å². The van der Waals surface area contributed by atoms with Gasteiger partial charge < -0.3 is 4.90 Å². The predicted molar refractivity (Wildman–Crippen MR) is 60.6 cm³/mol. The van der Waals surface area contributed by atoms with Crippen molar-refractivity contribution in [2.75, 3.05) is 13.1 Å². The normalized spacial score (nSPS) is 17.4. The third-order valence-electron chi connectivity index (χ3n) is 2.83. The number of ketones is 2. The molecule has 0 aromatic carbocycles. The van der Waals surface area contributed by atoms with Crippen molar-refractivity contribution in [3.05, 3.63) is 51.4 Å². The molecule has 1 aromatic rings. The molecule has 0 atom stereocenters. The largest absolute Gasteiger partial charge is 0.364 e. The maximum Gasteiger partial charge on any atom is 0.216 e. The molecule has 2 heterocycles. The van der Waals surface area contributed by atoms with E-state index in [1.165, 1.54) is 6.20 Å². The van der Waals surface area contributed by atoms with Crippen LogP contribution < -0.4 is 0 Å². The Morgan fingerprint density at radius 1 is 1.33 bits per heavy atom. The topological polar surface area (TPSA) is 98.8 Å². The van der Waals surface area contributed by atoms with Crippen LogP contribution in [0.25, 0.3) is 10.4 Å². The monoisotopic (exact) mass is 241 g/mol. The van der Waals surface area contributed by atoms with Gasteiger partial charge in [-0.1, -0.05) is 5.11 Å². The Balaban J connectivity index is 2.26. The van der Waals surface area contributed by atoms with E-state index in [0.717, 1.165) is 0 Å². The third kappa shape index (κ3) is 1.38. The lowest BCUT2D eigenvalue weighted by molar-refractivity contribution is 0.0956. The van der Waals surface area contributed by atoms with E-state index in [2.05, 4.69) is 15.0 Å². The van der Waals surface area contributed by atoms with E-state index in [9.17, 15) is 9.59 Å². The van der Waals surface area contributed by atoms with E-state index in [0.29, 0.717) is 13.1 Å². The van der Waals surface area contributed by atoms with Gasteiger partial charge in [0.1, 0.15) is 11.4 Å². The van der Waals surface area contributed by atoms with Gasteiger partial charge in [0, 0.05) is 24.2 Å². The molecule has 0 amide bonds. The SMILES string of the molecule is [N-]=[N+]=NC1=C(N2CC2)C(=O)c2cccnc2C1=O. The fourth-order valence-electron chi connectivity index (χ4n) is 1.93. The number of rotatable bonds is 2. The number of carbonyl (C=O) groups excluding carboxylic acids is 2. The summed E-state index contributed by atoms with van der Waals surface area (Å²) in [6, 6.07) is 3.15. The van der Waals surface area contributed by atoms with Gasteiger partial charge in [0.05, 0.1) is 11.3 Å². The number of azide groups is 1. The lowest BCUT2D eigenvalue weighted by Gasteiger charge is -2.18. The summed E-state index contributed by atoms with van der Waals surface area (Å²) in [6.07, 6.45) is 1.43. The zero-order valence-corrected chi connectivity index (χ0v) is 9.20. The van der Waals surface area contributed by atoms with Gasteiger partial charge in [0.25, 0.3) is 0 Å². The number of hydrogen-bond acceptors (Lipinski definition) is 5. The van der Waals surface area contributed by atoms with Crippen LogP contribution in [0.2, 0.25) is 0 Å². The van der Waals surface area contributed by atoms with Crippen LogP contribution in [0.3, 0.4) is 0 Å². The average molecular weight is 241 g/mol. The van der Waals surface area contributed by atoms with Crippen molar-refractivity contribution in [2.45, 2.75) is 0 Å². The summed E-state index contributed by atoms with van der Waals surface area (Å²) in [5.41, 5.74) is 8.87. The number of hydrogen-bond donors (Lipinski definition) is 0. The second-order valence-electron chi connectivity index (χ2n) is 3.93. The summed E-state index contributed by atoms with van der Waals surface area (Å²) in [5.74, 6) is -0.803. The highest BCUT2D eigenvalue weighted by atomic mass is 16.1. The highest BCUT2D eigenvalue weighted by Gasteiger charge is 2.38. The van der Waals surface area contributed by atoms with Crippen molar-refractivity contribution in [2.24, 2.45) is 5.11 Å². The zero-order valence-electron chi connectivity index (χ0n) is 9.20. The number of nitrogens with zero attached hydrogens (tertiary/aromatic N) is 5. The Labute approximate surface area is 101 Å². The molecular formula is C11H7N5O2. The number of fused-ring (bicyclic) bond motifs is 1. The second kappa shape index (κ2) is 3.68. The number of pyridine rings is 1. The minimum Gasteiger partial charge on any atom is -0.364 e. The third-order valence-corrected chi connectivity index (χ3v) is 2.83. The molecule has 0 saturated carbocycles. The first kappa shape index (κ1) is 10.5. The molecule has 3 rings (SSSR count). The first-order valence-corrected chi connectivity index (χ1v) is 5.33. The van der Waals surface area contributed by atoms with Crippen molar-refractivity contribution >= 4 is 11.6 Å². The molecule has 0 unspecified atom stereocenters. The predicted octanol–water partition coefficient (Wildman–Crippen LogP) is 1.30. The Morgan fingerprint density at radius 3 is 2.78 bits per heavy atom. The van der Waals surface area contributed by atoms with E-state index in [1.54, 1.807) is 17.0 Å². The Kier molecular flexibility index (Phi) is 2.14. The summed E-state index contributed by atoms with van der Waals surface area (Å²) in [5, 5.41) is 3.36. The van der Waals surface area contributed by atoms with E-state index < -0.39 is 5.78 Å². The van der Waals surface area contributed by atoms with Crippen LogP contribution >= 0.6 is 0 Å². The van der Waals surface area contributed by atoms with Gasteiger partial charge in [-0.3, -0.25) is 14.6 Å². The van der Waals surface area contributed by atoms with Crippen LogP contribution in [-0.4, -0.2) is 34.5 Å². The van der Waals surface area contributed by atoms with Gasteiger partial charge in [-0.25, -0.2) is 0 Å². The Bertz CT molecular complexity index is 653. The molecule has 1 aliphatic heterocycles. The van der Waals surface area contributed by atoms with Crippen LogP contribution in [-0.2, 0) is 0 Å². The van der Waals surface area contributed by atoms with Crippen LogP contribution in [0.1, 0.15) is 20.8 Å². The number of allylic oxidation sites excluding steroid dienone is 2. The second-order valence-corrected chi connectivity index (χ2v) is 3.93. The van der Waals surface area contributed by atoms with Gasteiger partial charge in [-0.2, -0.15) is 0 Å². The summed E-state index contributed by atoms with van der Waals surface area (Å²) < 4.78 is 0.